The molecule has 104 valence electrons. The Morgan fingerprint density at radius 1 is 1.25 bits per heavy atom. The summed E-state index contributed by atoms with van der Waals surface area (Å²) < 4.78 is 0. The summed E-state index contributed by atoms with van der Waals surface area (Å²) in [7, 11) is 0. The van der Waals surface area contributed by atoms with Crippen LogP contribution in [0.3, 0.4) is 0 Å². The third-order valence-electron chi connectivity index (χ3n) is 2.69. The molecule has 6 heteroatoms. The molecule has 4 nitrogen and oxygen atoms in total. The van der Waals surface area contributed by atoms with Gasteiger partial charge in [0.05, 0.1) is 10.6 Å². The van der Waals surface area contributed by atoms with E-state index in [1.54, 1.807) is 12.1 Å². The Labute approximate surface area is 126 Å². The number of rotatable bonds is 4. The number of nitrogens with zero attached hydrogens (tertiary/aromatic N) is 1. The first-order valence-electron chi connectivity index (χ1n) is 5.93. The van der Waals surface area contributed by atoms with Crippen molar-refractivity contribution in [1.29, 1.82) is 0 Å². The van der Waals surface area contributed by atoms with Gasteiger partial charge in [0.2, 0.25) is 0 Å². The number of phenolic OH excluding ortho intramolecular Hbond substituents is 1. The van der Waals surface area contributed by atoms with Crippen molar-refractivity contribution in [3.63, 3.8) is 0 Å². The molecule has 0 radical (unpaired) electrons. The number of aromatic nitrogens is 1. The molecule has 0 spiro atoms. The Balaban J connectivity index is 1.88. The van der Waals surface area contributed by atoms with Gasteiger partial charge in [0, 0.05) is 12.7 Å². The monoisotopic (exact) mass is 310 g/mol. The van der Waals surface area contributed by atoms with E-state index in [9.17, 15) is 4.79 Å². The molecule has 0 bridgehead atoms. The number of halogens is 2. The number of carbonyl (C=O) groups is 1. The number of benzene rings is 1. The molecule has 0 aliphatic heterocycles. The van der Waals surface area contributed by atoms with Crippen LogP contribution in [0.2, 0.25) is 10.2 Å². The SMILES string of the molecule is O=C(NCCc1ccc(O)cc1)c1cnc(Cl)c(Cl)c1. The first-order chi connectivity index (χ1) is 9.56. The predicted molar refractivity (Wildman–Crippen MR) is 78.4 cm³/mol. The summed E-state index contributed by atoms with van der Waals surface area (Å²) >= 11 is 11.5. The summed E-state index contributed by atoms with van der Waals surface area (Å²) in [5.74, 6) is -0.0329. The largest absolute Gasteiger partial charge is 0.508 e. The molecule has 1 amide bonds. The van der Waals surface area contributed by atoms with Crippen LogP contribution in [0.4, 0.5) is 0 Å². The third kappa shape index (κ3) is 3.85. The molecule has 2 aromatic rings. The number of hydrogen-bond acceptors (Lipinski definition) is 3. The van der Waals surface area contributed by atoms with E-state index in [0.29, 0.717) is 18.5 Å². The Kier molecular flexibility index (Phi) is 4.82. The topological polar surface area (TPSA) is 62.2 Å². The van der Waals surface area contributed by atoms with E-state index in [0.717, 1.165) is 5.56 Å². The van der Waals surface area contributed by atoms with Crippen molar-refractivity contribution in [2.45, 2.75) is 6.42 Å². The second-order valence-corrected chi connectivity index (χ2v) is 4.93. The van der Waals surface area contributed by atoms with Gasteiger partial charge in [-0.25, -0.2) is 4.98 Å². The first-order valence-corrected chi connectivity index (χ1v) is 6.69. The number of hydrogen-bond donors (Lipinski definition) is 2. The summed E-state index contributed by atoms with van der Waals surface area (Å²) in [4.78, 5) is 15.7. The molecule has 0 aliphatic carbocycles. The van der Waals surface area contributed by atoms with Gasteiger partial charge in [-0.15, -0.1) is 0 Å². The maximum absolute atomic E-state index is 11.9. The highest BCUT2D eigenvalue weighted by Gasteiger charge is 2.08. The molecular weight excluding hydrogens is 299 g/mol. The Morgan fingerprint density at radius 2 is 1.95 bits per heavy atom. The zero-order chi connectivity index (χ0) is 14.5. The molecule has 1 heterocycles. The van der Waals surface area contributed by atoms with Gasteiger partial charge in [-0.05, 0) is 30.2 Å². The highest BCUT2D eigenvalue weighted by Crippen LogP contribution is 2.19. The zero-order valence-electron chi connectivity index (χ0n) is 10.4. The van der Waals surface area contributed by atoms with E-state index in [1.807, 2.05) is 12.1 Å². The van der Waals surface area contributed by atoms with Gasteiger partial charge in [0.15, 0.2) is 0 Å². The molecule has 0 saturated heterocycles. The normalized spacial score (nSPS) is 10.3. The van der Waals surface area contributed by atoms with Gasteiger partial charge in [-0.2, -0.15) is 0 Å². The fraction of sp³-hybridized carbons (Fsp3) is 0.143. The highest BCUT2D eigenvalue weighted by atomic mass is 35.5. The van der Waals surface area contributed by atoms with E-state index in [4.69, 9.17) is 28.3 Å². The van der Waals surface area contributed by atoms with Crippen molar-refractivity contribution in [3.05, 3.63) is 57.8 Å². The Morgan fingerprint density at radius 3 is 2.60 bits per heavy atom. The van der Waals surface area contributed by atoms with Crippen molar-refractivity contribution in [1.82, 2.24) is 10.3 Å². The van der Waals surface area contributed by atoms with Gasteiger partial charge in [-0.1, -0.05) is 35.3 Å². The maximum atomic E-state index is 11.9. The van der Waals surface area contributed by atoms with Crippen LogP contribution in [0.25, 0.3) is 0 Å². The van der Waals surface area contributed by atoms with Crippen LogP contribution < -0.4 is 5.32 Å². The molecule has 2 rings (SSSR count). The van der Waals surface area contributed by atoms with Crippen LogP contribution in [0.5, 0.6) is 5.75 Å². The summed E-state index contributed by atoms with van der Waals surface area (Å²) in [6.07, 6.45) is 2.05. The molecule has 2 N–H and O–H groups in total. The van der Waals surface area contributed by atoms with E-state index in [-0.39, 0.29) is 21.8 Å². The second kappa shape index (κ2) is 6.59. The molecule has 0 fully saturated rings. The lowest BCUT2D eigenvalue weighted by Crippen LogP contribution is -2.25. The number of pyridine rings is 1. The molecular formula is C14H12Cl2N2O2. The lowest BCUT2D eigenvalue weighted by molar-refractivity contribution is 0.0954. The highest BCUT2D eigenvalue weighted by molar-refractivity contribution is 6.41. The smallest absolute Gasteiger partial charge is 0.252 e. The van der Waals surface area contributed by atoms with Crippen LogP contribution in [0.1, 0.15) is 15.9 Å². The average Bonchev–Trinajstić information content (AvgIpc) is 2.44. The van der Waals surface area contributed by atoms with Crippen molar-refractivity contribution < 1.29 is 9.90 Å². The van der Waals surface area contributed by atoms with Crippen molar-refractivity contribution in [3.8, 4) is 5.75 Å². The zero-order valence-corrected chi connectivity index (χ0v) is 11.9. The molecule has 1 aromatic heterocycles. The quantitative estimate of drug-likeness (QED) is 0.853. The minimum Gasteiger partial charge on any atom is -0.508 e. The molecule has 0 atom stereocenters. The van der Waals surface area contributed by atoms with Gasteiger partial charge >= 0.3 is 0 Å². The van der Waals surface area contributed by atoms with Crippen LogP contribution >= 0.6 is 23.2 Å². The van der Waals surface area contributed by atoms with E-state index in [1.165, 1.54) is 12.3 Å². The van der Waals surface area contributed by atoms with Gasteiger partial charge < -0.3 is 10.4 Å². The summed E-state index contributed by atoms with van der Waals surface area (Å²) in [5, 5.41) is 12.4. The first kappa shape index (κ1) is 14.6. The Bertz CT molecular complexity index is 615. The predicted octanol–water partition coefficient (Wildman–Crippen LogP) is 3.07. The standard InChI is InChI=1S/C14H12Cl2N2O2/c15-12-7-10(8-18-13(12)16)14(20)17-6-5-9-1-3-11(19)4-2-9/h1-4,7-8,19H,5-6H2,(H,17,20). The Hall–Kier alpha value is -1.78. The van der Waals surface area contributed by atoms with Gasteiger partial charge in [0.25, 0.3) is 5.91 Å². The van der Waals surface area contributed by atoms with Crippen molar-refractivity contribution in [2.24, 2.45) is 0 Å². The number of aromatic hydroxyl groups is 1. The molecule has 20 heavy (non-hydrogen) atoms. The number of carbonyl (C=O) groups excluding carboxylic acids is 1. The van der Waals surface area contributed by atoms with Crippen LogP contribution in [0.15, 0.2) is 36.5 Å². The summed E-state index contributed by atoms with van der Waals surface area (Å²) in [5.41, 5.74) is 1.39. The van der Waals surface area contributed by atoms with Crippen LogP contribution in [0, 0.1) is 0 Å². The molecule has 1 aromatic carbocycles. The van der Waals surface area contributed by atoms with E-state index >= 15 is 0 Å². The van der Waals surface area contributed by atoms with E-state index in [2.05, 4.69) is 10.3 Å². The maximum Gasteiger partial charge on any atom is 0.252 e. The lowest BCUT2D eigenvalue weighted by atomic mass is 10.1. The van der Waals surface area contributed by atoms with Gasteiger partial charge in [0.1, 0.15) is 10.9 Å². The van der Waals surface area contributed by atoms with Crippen molar-refractivity contribution in [2.75, 3.05) is 6.54 Å². The number of nitrogens with one attached hydrogen (secondary N) is 1. The van der Waals surface area contributed by atoms with Crippen LogP contribution in [-0.4, -0.2) is 22.5 Å². The average molecular weight is 311 g/mol. The van der Waals surface area contributed by atoms with E-state index < -0.39 is 0 Å². The lowest BCUT2D eigenvalue weighted by Gasteiger charge is -2.06. The summed E-state index contributed by atoms with van der Waals surface area (Å²) in [6.45, 7) is 0.476. The fourth-order valence-corrected chi connectivity index (χ4v) is 1.90. The minimum atomic E-state index is -0.255. The van der Waals surface area contributed by atoms with Crippen molar-refractivity contribution >= 4 is 29.1 Å². The minimum absolute atomic E-state index is 0.173. The second-order valence-electron chi connectivity index (χ2n) is 4.17. The fourth-order valence-electron chi connectivity index (χ4n) is 1.63. The number of amides is 1. The van der Waals surface area contributed by atoms with Gasteiger partial charge in [-0.3, -0.25) is 4.79 Å². The number of phenols is 1. The molecule has 0 saturated carbocycles. The third-order valence-corrected chi connectivity index (χ3v) is 3.38. The molecule has 0 aliphatic rings. The van der Waals surface area contributed by atoms with Crippen LogP contribution in [-0.2, 0) is 6.42 Å². The molecule has 0 unspecified atom stereocenters. The summed E-state index contributed by atoms with van der Waals surface area (Å²) in [6, 6.07) is 8.32.